The SMILES string of the molecule is ClC(Cl)=C1CCC(c2ccccc2)CC1. The van der Waals surface area contributed by atoms with Crippen LogP contribution >= 0.6 is 23.2 Å². The Kier molecular flexibility index (Phi) is 3.71. The summed E-state index contributed by atoms with van der Waals surface area (Å²) in [6.07, 6.45) is 4.42. The Morgan fingerprint density at radius 1 is 1.00 bits per heavy atom. The molecule has 0 unspecified atom stereocenters. The standard InChI is InChI=1S/C13H14Cl2/c14-13(15)12-8-6-11(7-9-12)10-4-2-1-3-5-10/h1-5,11H,6-9H2. The van der Waals surface area contributed by atoms with Gasteiger partial charge < -0.3 is 0 Å². The lowest BCUT2D eigenvalue weighted by Crippen LogP contribution is -2.06. The van der Waals surface area contributed by atoms with Crippen molar-refractivity contribution in [2.45, 2.75) is 31.6 Å². The molecule has 0 saturated heterocycles. The monoisotopic (exact) mass is 240 g/mol. The van der Waals surface area contributed by atoms with Crippen LogP contribution in [0.15, 0.2) is 40.4 Å². The Hall–Kier alpha value is -0.460. The van der Waals surface area contributed by atoms with Crippen LogP contribution in [0.3, 0.4) is 0 Å². The fourth-order valence-electron chi connectivity index (χ4n) is 2.21. The van der Waals surface area contributed by atoms with E-state index in [4.69, 9.17) is 23.2 Å². The third kappa shape index (κ3) is 2.76. The maximum Gasteiger partial charge on any atom is 0.106 e. The Morgan fingerprint density at radius 2 is 1.60 bits per heavy atom. The van der Waals surface area contributed by atoms with Gasteiger partial charge in [0.25, 0.3) is 0 Å². The van der Waals surface area contributed by atoms with Crippen LogP contribution in [0, 0.1) is 0 Å². The molecule has 0 atom stereocenters. The van der Waals surface area contributed by atoms with E-state index in [1.165, 1.54) is 24.0 Å². The van der Waals surface area contributed by atoms with Crippen molar-refractivity contribution in [3.63, 3.8) is 0 Å². The second-order valence-electron chi connectivity index (χ2n) is 4.05. The molecule has 2 rings (SSSR count). The third-order valence-electron chi connectivity index (χ3n) is 3.13. The van der Waals surface area contributed by atoms with Gasteiger partial charge in [-0.3, -0.25) is 0 Å². The normalized spacial score (nSPS) is 21.5. The van der Waals surface area contributed by atoms with Crippen molar-refractivity contribution < 1.29 is 0 Å². The van der Waals surface area contributed by atoms with E-state index in [0.717, 1.165) is 12.8 Å². The first kappa shape index (κ1) is 11.0. The minimum absolute atomic E-state index is 0.488. The molecule has 2 heteroatoms. The van der Waals surface area contributed by atoms with Crippen molar-refractivity contribution in [3.8, 4) is 0 Å². The van der Waals surface area contributed by atoms with Gasteiger partial charge in [-0.05, 0) is 42.7 Å². The van der Waals surface area contributed by atoms with Crippen LogP contribution in [0.25, 0.3) is 0 Å². The highest BCUT2D eigenvalue weighted by atomic mass is 35.5. The summed E-state index contributed by atoms with van der Waals surface area (Å²) >= 11 is 11.6. The number of halogens is 2. The van der Waals surface area contributed by atoms with E-state index in [-0.39, 0.29) is 0 Å². The van der Waals surface area contributed by atoms with Crippen LogP contribution < -0.4 is 0 Å². The zero-order valence-electron chi connectivity index (χ0n) is 8.55. The summed E-state index contributed by atoms with van der Waals surface area (Å²) < 4.78 is 0.488. The van der Waals surface area contributed by atoms with Gasteiger partial charge in [0.05, 0.1) is 0 Å². The summed E-state index contributed by atoms with van der Waals surface area (Å²) in [4.78, 5) is 0. The average molecular weight is 241 g/mol. The average Bonchev–Trinajstić information content (AvgIpc) is 2.30. The Balaban J connectivity index is 2.03. The molecule has 0 N–H and O–H groups in total. The number of rotatable bonds is 1. The molecule has 1 aliphatic rings. The molecular formula is C13H14Cl2. The molecule has 1 fully saturated rings. The van der Waals surface area contributed by atoms with E-state index < -0.39 is 0 Å². The lowest BCUT2D eigenvalue weighted by Gasteiger charge is -2.24. The van der Waals surface area contributed by atoms with Gasteiger partial charge in [-0.15, -0.1) is 0 Å². The summed E-state index contributed by atoms with van der Waals surface area (Å²) in [6.45, 7) is 0. The molecule has 0 amide bonds. The molecule has 0 nitrogen and oxygen atoms in total. The van der Waals surface area contributed by atoms with Gasteiger partial charge in [-0.25, -0.2) is 0 Å². The maximum absolute atomic E-state index is 5.80. The first-order chi connectivity index (χ1) is 7.27. The highest BCUT2D eigenvalue weighted by molar-refractivity contribution is 6.56. The molecule has 0 aromatic heterocycles. The van der Waals surface area contributed by atoms with Crippen LogP contribution in [0.5, 0.6) is 0 Å². The van der Waals surface area contributed by atoms with Crippen LogP contribution in [0.1, 0.15) is 37.2 Å². The lowest BCUT2D eigenvalue weighted by atomic mass is 9.82. The van der Waals surface area contributed by atoms with Crippen molar-refractivity contribution in [1.82, 2.24) is 0 Å². The van der Waals surface area contributed by atoms with Gasteiger partial charge in [-0.1, -0.05) is 53.5 Å². The molecular weight excluding hydrogens is 227 g/mol. The summed E-state index contributed by atoms with van der Waals surface area (Å²) in [5.41, 5.74) is 2.67. The van der Waals surface area contributed by atoms with Gasteiger partial charge in [-0.2, -0.15) is 0 Å². The quantitative estimate of drug-likeness (QED) is 0.646. The zero-order valence-corrected chi connectivity index (χ0v) is 10.1. The molecule has 1 aromatic rings. The molecule has 0 spiro atoms. The summed E-state index contributed by atoms with van der Waals surface area (Å²) in [6, 6.07) is 10.7. The molecule has 0 heterocycles. The molecule has 1 aromatic carbocycles. The highest BCUT2D eigenvalue weighted by Gasteiger charge is 2.19. The predicted octanol–water partition coefficient (Wildman–Crippen LogP) is 5.03. The van der Waals surface area contributed by atoms with Gasteiger partial charge in [0.1, 0.15) is 4.49 Å². The van der Waals surface area contributed by atoms with Gasteiger partial charge in [0.15, 0.2) is 0 Å². The predicted molar refractivity (Wildman–Crippen MR) is 66.4 cm³/mol. The van der Waals surface area contributed by atoms with Crippen LogP contribution in [0.2, 0.25) is 0 Å². The number of benzene rings is 1. The minimum atomic E-state index is 0.488. The Morgan fingerprint density at radius 3 is 2.13 bits per heavy atom. The second kappa shape index (κ2) is 5.05. The topological polar surface area (TPSA) is 0 Å². The molecule has 0 bridgehead atoms. The van der Waals surface area contributed by atoms with Crippen molar-refractivity contribution in [2.24, 2.45) is 0 Å². The summed E-state index contributed by atoms with van der Waals surface area (Å²) in [5, 5.41) is 0. The van der Waals surface area contributed by atoms with Crippen LogP contribution in [-0.4, -0.2) is 0 Å². The van der Waals surface area contributed by atoms with Gasteiger partial charge >= 0.3 is 0 Å². The van der Waals surface area contributed by atoms with Crippen molar-refractivity contribution in [1.29, 1.82) is 0 Å². The van der Waals surface area contributed by atoms with E-state index in [2.05, 4.69) is 30.3 Å². The van der Waals surface area contributed by atoms with Gasteiger partial charge in [0, 0.05) is 0 Å². The van der Waals surface area contributed by atoms with E-state index >= 15 is 0 Å². The minimum Gasteiger partial charge on any atom is -0.0709 e. The fourth-order valence-corrected chi connectivity index (χ4v) is 2.59. The first-order valence-corrected chi connectivity index (χ1v) is 6.11. The first-order valence-electron chi connectivity index (χ1n) is 5.35. The fraction of sp³-hybridized carbons (Fsp3) is 0.385. The maximum atomic E-state index is 5.80. The van der Waals surface area contributed by atoms with Crippen molar-refractivity contribution in [2.75, 3.05) is 0 Å². The third-order valence-corrected chi connectivity index (χ3v) is 3.66. The number of hydrogen-bond donors (Lipinski definition) is 0. The number of hydrogen-bond acceptors (Lipinski definition) is 0. The largest absolute Gasteiger partial charge is 0.106 e. The molecule has 0 aliphatic heterocycles. The van der Waals surface area contributed by atoms with E-state index in [9.17, 15) is 0 Å². The molecule has 80 valence electrons. The van der Waals surface area contributed by atoms with Crippen LogP contribution in [0.4, 0.5) is 0 Å². The van der Waals surface area contributed by atoms with Crippen molar-refractivity contribution >= 4 is 23.2 Å². The Bertz CT molecular complexity index is 340. The van der Waals surface area contributed by atoms with Gasteiger partial charge in [0.2, 0.25) is 0 Å². The number of allylic oxidation sites excluding steroid dienone is 1. The molecule has 1 aliphatic carbocycles. The second-order valence-corrected chi connectivity index (χ2v) is 5.00. The summed E-state index contributed by atoms with van der Waals surface area (Å²) in [7, 11) is 0. The van der Waals surface area contributed by atoms with E-state index in [0.29, 0.717) is 10.4 Å². The van der Waals surface area contributed by atoms with E-state index in [1.54, 1.807) is 0 Å². The summed E-state index contributed by atoms with van der Waals surface area (Å²) in [5.74, 6) is 0.683. The van der Waals surface area contributed by atoms with Crippen molar-refractivity contribution in [3.05, 3.63) is 46.0 Å². The lowest BCUT2D eigenvalue weighted by molar-refractivity contribution is 0.517. The molecule has 0 radical (unpaired) electrons. The smallest absolute Gasteiger partial charge is 0.0709 e. The molecule has 1 saturated carbocycles. The van der Waals surface area contributed by atoms with E-state index in [1.807, 2.05) is 0 Å². The highest BCUT2D eigenvalue weighted by Crippen LogP contribution is 2.37. The van der Waals surface area contributed by atoms with Crippen LogP contribution in [-0.2, 0) is 0 Å². The molecule has 15 heavy (non-hydrogen) atoms. The Labute approximate surface area is 101 Å². The zero-order chi connectivity index (χ0) is 10.7.